The number of benzene rings is 2. The van der Waals surface area contributed by atoms with Crippen molar-refractivity contribution in [3.05, 3.63) is 92.6 Å². The molecule has 0 saturated carbocycles. The maximum Gasteiger partial charge on any atom is 0.263 e. The van der Waals surface area contributed by atoms with E-state index in [1.54, 1.807) is 15.9 Å². The summed E-state index contributed by atoms with van der Waals surface area (Å²) in [7, 11) is 0. The first-order chi connectivity index (χ1) is 18.9. The molecule has 3 aromatic heterocycles. The number of carbonyl (C=O) groups is 1. The Morgan fingerprint density at radius 3 is 2.54 bits per heavy atom. The van der Waals surface area contributed by atoms with Crippen molar-refractivity contribution in [2.24, 2.45) is 0 Å². The lowest BCUT2D eigenvalue weighted by Gasteiger charge is -2.29. The van der Waals surface area contributed by atoms with Crippen LogP contribution < -0.4 is 10.9 Å². The minimum Gasteiger partial charge on any atom is -0.370 e. The van der Waals surface area contributed by atoms with Crippen molar-refractivity contribution in [2.45, 2.75) is 57.1 Å². The number of nitrogens with one attached hydrogen (secondary N) is 1. The first-order valence-electron chi connectivity index (χ1n) is 12.9. The first kappa shape index (κ1) is 25.8. The normalized spacial score (nSPS) is 14.5. The summed E-state index contributed by atoms with van der Waals surface area (Å²) in [4.78, 5) is 28.5. The molecule has 0 fully saturated rings. The van der Waals surface area contributed by atoms with Crippen molar-refractivity contribution >= 4 is 45.0 Å². The van der Waals surface area contributed by atoms with E-state index >= 15 is 0 Å². The topological polar surface area (TPSA) is 90.5 Å². The zero-order valence-electron chi connectivity index (χ0n) is 21.8. The van der Waals surface area contributed by atoms with E-state index in [0.717, 1.165) is 26.4 Å². The van der Waals surface area contributed by atoms with Crippen molar-refractivity contribution in [1.82, 2.24) is 24.5 Å². The summed E-state index contributed by atoms with van der Waals surface area (Å²) in [6, 6.07) is 19.9. The average Bonchev–Trinajstić information content (AvgIpc) is 3.52. The maximum absolute atomic E-state index is 14.0. The molecule has 5 aromatic rings. The number of hydrogen-bond acceptors (Lipinski definition) is 7. The Balaban J connectivity index is 1.36. The van der Waals surface area contributed by atoms with Crippen molar-refractivity contribution in [3.8, 4) is 0 Å². The van der Waals surface area contributed by atoms with Crippen LogP contribution in [0.15, 0.2) is 70.6 Å². The summed E-state index contributed by atoms with van der Waals surface area (Å²) in [5, 5.41) is 13.2. The van der Waals surface area contributed by atoms with Crippen molar-refractivity contribution < 1.29 is 9.53 Å². The summed E-state index contributed by atoms with van der Waals surface area (Å²) in [5.74, 6) is 0.601. The third kappa shape index (κ3) is 5.24. The summed E-state index contributed by atoms with van der Waals surface area (Å²) in [6.07, 6.45) is 1.36. The lowest BCUT2D eigenvalue weighted by atomic mass is 9.94. The van der Waals surface area contributed by atoms with Crippen LogP contribution in [-0.4, -0.2) is 36.4 Å². The van der Waals surface area contributed by atoms with E-state index in [1.165, 1.54) is 11.8 Å². The SMILES string of the molecule is CC1(C)Cc2c(sc3c2c(=O)n(CCc2ccccc2)c2nnc(SCC(=O)NCc4ccccc4)n32)CO1. The highest BCUT2D eigenvalue weighted by atomic mass is 32.2. The van der Waals surface area contributed by atoms with Gasteiger partial charge < -0.3 is 10.1 Å². The maximum atomic E-state index is 14.0. The Kier molecular flexibility index (Phi) is 7.01. The number of nitrogens with zero attached hydrogens (tertiary/aromatic N) is 4. The van der Waals surface area contributed by atoms with Gasteiger partial charge in [0.2, 0.25) is 11.7 Å². The number of hydrogen-bond donors (Lipinski definition) is 1. The Morgan fingerprint density at radius 1 is 1.08 bits per heavy atom. The van der Waals surface area contributed by atoms with Crippen LogP contribution in [-0.2, 0) is 42.1 Å². The molecular weight excluding hydrogens is 530 g/mol. The molecule has 0 spiro atoms. The fourth-order valence-corrected chi connectivity index (χ4v) is 6.96. The molecule has 4 heterocycles. The average molecular weight is 560 g/mol. The van der Waals surface area contributed by atoms with Crippen LogP contribution in [0.2, 0.25) is 0 Å². The second kappa shape index (κ2) is 10.6. The molecule has 0 saturated heterocycles. The van der Waals surface area contributed by atoms with Gasteiger partial charge in [-0.05, 0) is 37.0 Å². The fraction of sp³-hybridized carbons (Fsp3) is 0.310. The fourth-order valence-electron chi connectivity index (χ4n) is 4.92. The van der Waals surface area contributed by atoms with Gasteiger partial charge in [0.05, 0.1) is 23.3 Å². The van der Waals surface area contributed by atoms with Crippen molar-refractivity contribution in [3.63, 3.8) is 0 Å². The van der Waals surface area contributed by atoms with Crippen LogP contribution in [0.5, 0.6) is 0 Å². The van der Waals surface area contributed by atoms with E-state index in [0.29, 0.717) is 48.9 Å². The zero-order chi connectivity index (χ0) is 27.0. The highest BCUT2D eigenvalue weighted by molar-refractivity contribution is 7.99. The number of aryl methyl sites for hydroxylation is 2. The molecule has 39 heavy (non-hydrogen) atoms. The first-order valence-corrected chi connectivity index (χ1v) is 14.7. The van der Waals surface area contributed by atoms with Crippen LogP contribution in [0.3, 0.4) is 0 Å². The predicted molar refractivity (Wildman–Crippen MR) is 154 cm³/mol. The molecule has 10 heteroatoms. The molecule has 0 atom stereocenters. The molecule has 1 aliphatic rings. The second-order valence-electron chi connectivity index (χ2n) is 10.3. The van der Waals surface area contributed by atoms with Crippen LogP contribution in [0, 0.1) is 0 Å². The molecule has 200 valence electrons. The van der Waals surface area contributed by atoms with Gasteiger partial charge in [0.1, 0.15) is 4.83 Å². The van der Waals surface area contributed by atoms with Gasteiger partial charge in [0.25, 0.3) is 5.56 Å². The largest absolute Gasteiger partial charge is 0.370 e. The minimum absolute atomic E-state index is 0.0480. The number of amides is 1. The van der Waals surface area contributed by atoms with Crippen molar-refractivity contribution in [1.29, 1.82) is 0 Å². The van der Waals surface area contributed by atoms with Gasteiger partial charge >= 0.3 is 0 Å². The minimum atomic E-state index is -0.348. The van der Waals surface area contributed by atoms with Gasteiger partial charge in [-0.3, -0.25) is 14.2 Å². The zero-order valence-corrected chi connectivity index (χ0v) is 23.5. The Hall–Kier alpha value is -3.47. The number of rotatable bonds is 8. The van der Waals surface area contributed by atoms with Crippen LogP contribution in [0.4, 0.5) is 0 Å². The quantitative estimate of drug-likeness (QED) is 0.279. The molecular formula is C29H29N5O3S2. The van der Waals surface area contributed by atoms with E-state index in [-0.39, 0.29) is 22.8 Å². The lowest BCUT2D eigenvalue weighted by molar-refractivity contribution is -0.118. The number of thioether (sulfide) groups is 1. The molecule has 0 bridgehead atoms. The molecule has 1 aliphatic heterocycles. The monoisotopic (exact) mass is 559 g/mol. The van der Waals surface area contributed by atoms with Gasteiger partial charge in [0, 0.05) is 24.4 Å². The van der Waals surface area contributed by atoms with Crippen LogP contribution >= 0.6 is 23.1 Å². The van der Waals surface area contributed by atoms with Gasteiger partial charge in [-0.1, -0.05) is 72.4 Å². The highest BCUT2D eigenvalue weighted by Gasteiger charge is 2.32. The Morgan fingerprint density at radius 2 is 1.79 bits per heavy atom. The molecule has 8 nitrogen and oxygen atoms in total. The third-order valence-electron chi connectivity index (χ3n) is 6.92. The van der Waals surface area contributed by atoms with Gasteiger partial charge in [-0.25, -0.2) is 4.40 Å². The number of fused-ring (bicyclic) bond motifs is 5. The molecule has 2 aromatic carbocycles. The summed E-state index contributed by atoms with van der Waals surface area (Å²) in [5.41, 5.74) is 2.85. The molecule has 1 N–H and O–H groups in total. The molecule has 1 amide bonds. The third-order valence-corrected chi connectivity index (χ3v) is 9.04. The predicted octanol–water partition coefficient (Wildman–Crippen LogP) is 4.61. The van der Waals surface area contributed by atoms with E-state index in [2.05, 4.69) is 41.5 Å². The number of aromatic nitrogens is 4. The van der Waals surface area contributed by atoms with Crippen molar-refractivity contribution in [2.75, 3.05) is 5.75 Å². The lowest BCUT2D eigenvalue weighted by Crippen LogP contribution is -2.32. The van der Waals surface area contributed by atoms with E-state index in [9.17, 15) is 9.59 Å². The van der Waals surface area contributed by atoms with E-state index < -0.39 is 0 Å². The van der Waals surface area contributed by atoms with Gasteiger partial charge in [0.15, 0.2) is 5.16 Å². The Bertz CT molecular complexity index is 1710. The van der Waals surface area contributed by atoms with Gasteiger partial charge in [-0.15, -0.1) is 21.5 Å². The Labute approximate surface area is 234 Å². The molecule has 0 unspecified atom stereocenters. The van der Waals surface area contributed by atoms with Crippen LogP contribution in [0.1, 0.15) is 35.4 Å². The highest BCUT2D eigenvalue weighted by Crippen LogP contribution is 2.38. The summed E-state index contributed by atoms with van der Waals surface area (Å²) >= 11 is 2.89. The van der Waals surface area contributed by atoms with Gasteiger partial charge in [-0.2, -0.15) is 0 Å². The number of carbonyl (C=O) groups excluding carboxylic acids is 1. The smallest absolute Gasteiger partial charge is 0.263 e. The van der Waals surface area contributed by atoms with E-state index in [4.69, 9.17) is 4.74 Å². The summed E-state index contributed by atoms with van der Waals surface area (Å²) < 4.78 is 9.75. The summed E-state index contributed by atoms with van der Waals surface area (Å²) in [6.45, 7) is 5.53. The molecule has 0 radical (unpaired) electrons. The van der Waals surface area contributed by atoms with E-state index in [1.807, 2.05) is 52.9 Å². The second-order valence-corrected chi connectivity index (χ2v) is 12.3. The molecule has 0 aliphatic carbocycles. The standard InChI is InChI=1S/C29H29N5O3S2/c1-29(2)15-21-22(17-37-29)39-26-24(21)25(36)33(14-13-19-9-5-3-6-10-19)27-31-32-28(34(26)27)38-18-23(35)30-16-20-11-7-4-8-12-20/h3-12H,13-18H2,1-2H3,(H,30,35). The van der Waals surface area contributed by atoms with Crippen LogP contribution in [0.25, 0.3) is 16.0 Å². The number of ether oxygens (including phenoxy) is 1. The molecule has 6 rings (SSSR count). The number of thiophene rings is 1.